The average molecular weight is 161 g/mol. The van der Waals surface area contributed by atoms with Gasteiger partial charge in [-0.25, -0.2) is 8.42 Å². The van der Waals surface area contributed by atoms with Crippen LogP contribution < -0.4 is 5.73 Å². The van der Waals surface area contributed by atoms with E-state index in [1.807, 2.05) is 0 Å². The number of fused-ring (bicyclic) bond motifs is 1. The van der Waals surface area contributed by atoms with Gasteiger partial charge in [0.25, 0.3) is 0 Å². The maximum atomic E-state index is 11.2. The van der Waals surface area contributed by atoms with E-state index < -0.39 is 9.84 Å². The van der Waals surface area contributed by atoms with Gasteiger partial charge in [0.1, 0.15) is 0 Å². The predicted octanol–water partition coefficient (Wildman–Crippen LogP) is -0.622. The molecule has 0 aromatic heterocycles. The Balaban J connectivity index is 2.29. The molecule has 2 fully saturated rings. The molecule has 1 saturated carbocycles. The Morgan fingerprint density at radius 1 is 1.50 bits per heavy atom. The van der Waals surface area contributed by atoms with E-state index >= 15 is 0 Å². The SMILES string of the molecule is NC[C@@H]1C2CC2CS1(=O)=O. The molecule has 3 nitrogen and oxygen atoms in total. The van der Waals surface area contributed by atoms with Crippen molar-refractivity contribution in [3.05, 3.63) is 0 Å². The molecule has 1 aliphatic heterocycles. The van der Waals surface area contributed by atoms with Crippen LogP contribution in [-0.4, -0.2) is 26.0 Å². The lowest BCUT2D eigenvalue weighted by molar-refractivity contribution is 0.580. The summed E-state index contributed by atoms with van der Waals surface area (Å²) in [5, 5.41) is -0.197. The van der Waals surface area contributed by atoms with Crippen molar-refractivity contribution in [3.8, 4) is 0 Å². The molecule has 0 aromatic carbocycles. The fourth-order valence-electron chi connectivity index (χ4n) is 1.93. The van der Waals surface area contributed by atoms with Gasteiger partial charge >= 0.3 is 0 Å². The van der Waals surface area contributed by atoms with Gasteiger partial charge in [0.05, 0.1) is 11.0 Å². The van der Waals surface area contributed by atoms with Crippen LogP contribution in [0.4, 0.5) is 0 Å². The number of hydrogen-bond donors (Lipinski definition) is 1. The monoisotopic (exact) mass is 161 g/mol. The van der Waals surface area contributed by atoms with E-state index in [-0.39, 0.29) is 5.25 Å². The van der Waals surface area contributed by atoms with Crippen molar-refractivity contribution < 1.29 is 8.42 Å². The van der Waals surface area contributed by atoms with Crippen molar-refractivity contribution in [2.45, 2.75) is 11.7 Å². The van der Waals surface area contributed by atoms with Gasteiger partial charge in [-0.15, -0.1) is 0 Å². The Morgan fingerprint density at radius 3 is 2.50 bits per heavy atom. The number of rotatable bonds is 1. The van der Waals surface area contributed by atoms with Gasteiger partial charge < -0.3 is 5.73 Å². The molecule has 0 spiro atoms. The van der Waals surface area contributed by atoms with Gasteiger partial charge in [-0.3, -0.25) is 0 Å². The van der Waals surface area contributed by atoms with Crippen molar-refractivity contribution in [2.24, 2.45) is 17.6 Å². The summed E-state index contributed by atoms with van der Waals surface area (Å²) in [4.78, 5) is 0. The fraction of sp³-hybridized carbons (Fsp3) is 1.00. The zero-order valence-electron chi connectivity index (χ0n) is 5.66. The summed E-state index contributed by atoms with van der Waals surface area (Å²) in [5.41, 5.74) is 5.35. The average Bonchev–Trinajstić information content (AvgIpc) is 2.43. The van der Waals surface area contributed by atoms with Crippen LogP contribution in [0.1, 0.15) is 6.42 Å². The summed E-state index contributed by atoms with van der Waals surface area (Å²) in [7, 11) is -2.76. The van der Waals surface area contributed by atoms with Gasteiger partial charge in [-0.2, -0.15) is 0 Å². The Kier molecular flexibility index (Phi) is 1.15. The van der Waals surface area contributed by atoms with Crippen molar-refractivity contribution in [3.63, 3.8) is 0 Å². The molecular formula is C6H11NO2S. The van der Waals surface area contributed by atoms with Gasteiger partial charge in [-0.05, 0) is 18.3 Å². The molecular weight excluding hydrogens is 150 g/mol. The second-order valence-corrected chi connectivity index (χ2v) is 5.53. The van der Waals surface area contributed by atoms with Gasteiger partial charge in [-0.1, -0.05) is 0 Å². The Labute approximate surface area is 60.5 Å². The van der Waals surface area contributed by atoms with Crippen molar-refractivity contribution in [1.29, 1.82) is 0 Å². The summed E-state index contributed by atoms with van der Waals surface area (Å²) in [6.45, 7) is 0.323. The fourth-order valence-corrected chi connectivity index (χ4v) is 4.31. The summed E-state index contributed by atoms with van der Waals surface area (Å²) in [6.07, 6.45) is 1.10. The van der Waals surface area contributed by atoms with E-state index in [0.29, 0.717) is 24.1 Å². The Hall–Kier alpha value is -0.0900. The summed E-state index contributed by atoms with van der Waals surface area (Å²) < 4.78 is 22.3. The molecule has 2 N–H and O–H groups in total. The summed E-state index contributed by atoms with van der Waals surface area (Å²) >= 11 is 0. The molecule has 58 valence electrons. The van der Waals surface area contributed by atoms with Crippen LogP contribution in [0.3, 0.4) is 0 Å². The van der Waals surface area contributed by atoms with Crippen LogP contribution in [0, 0.1) is 11.8 Å². The standard InChI is InChI=1S/C6H11NO2S/c7-2-6-5-1-4(5)3-10(6,8)9/h4-6H,1-3,7H2/t4?,5?,6-/m1/s1. The van der Waals surface area contributed by atoms with Crippen LogP contribution in [0.5, 0.6) is 0 Å². The first-order chi connectivity index (χ1) is 4.65. The minimum atomic E-state index is -2.76. The first-order valence-corrected chi connectivity index (χ1v) is 5.28. The molecule has 0 aromatic rings. The topological polar surface area (TPSA) is 60.2 Å². The smallest absolute Gasteiger partial charge is 0.154 e. The van der Waals surface area contributed by atoms with Gasteiger partial charge in [0.15, 0.2) is 9.84 Å². The van der Waals surface area contributed by atoms with E-state index in [9.17, 15) is 8.42 Å². The van der Waals surface area contributed by atoms with Crippen LogP contribution >= 0.6 is 0 Å². The molecule has 1 aliphatic carbocycles. The maximum Gasteiger partial charge on any atom is 0.154 e. The molecule has 2 unspecified atom stereocenters. The van der Waals surface area contributed by atoms with Crippen LogP contribution in [0.15, 0.2) is 0 Å². The minimum Gasteiger partial charge on any atom is -0.329 e. The Morgan fingerprint density at radius 2 is 2.20 bits per heavy atom. The first kappa shape index (κ1) is 6.61. The van der Waals surface area contributed by atoms with Crippen LogP contribution in [0.2, 0.25) is 0 Å². The van der Waals surface area contributed by atoms with E-state index in [1.165, 1.54) is 0 Å². The summed E-state index contributed by atoms with van der Waals surface area (Å²) in [5.74, 6) is 1.30. The van der Waals surface area contributed by atoms with E-state index in [0.717, 1.165) is 6.42 Å². The highest BCUT2D eigenvalue weighted by molar-refractivity contribution is 7.92. The molecule has 0 bridgehead atoms. The largest absolute Gasteiger partial charge is 0.329 e. The van der Waals surface area contributed by atoms with E-state index in [1.54, 1.807) is 0 Å². The Bertz CT molecular complexity index is 246. The third kappa shape index (κ3) is 0.720. The van der Waals surface area contributed by atoms with E-state index in [2.05, 4.69) is 0 Å². The second kappa shape index (κ2) is 1.74. The van der Waals surface area contributed by atoms with Gasteiger partial charge in [0.2, 0.25) is 0 Å². The molecule has 10 heavy (non-hydrogen) atoms. The second-order valence-electron chi connectivity index (χ2n) is 3.26. The van der Waals surface area contributed by atoms with Crippen molar-refractivity contribution >= 4 is 9.84 Å². The molecule has 1 saturated heterocycles. The molecule has 4 heteroatoms. The third-order valence-electron chi connectivity index (χ3n) is 2.59. The highest BCUT2D eigenvalue weighted by atomic mass is 32.2. The van der Waals surface area contributed by atoms with Crippen LogP contribution in [-0.2, 0) is 9.84 Å². The molecule has 3 atom stereocenters. The van der Waals surface area contributed by atoms with Crippen LogP contribution in [0.25, 0.3) is 0 Å². The third-order valence-corrected chi connectivity index (χ3v) is 4.95. The molecule has 0 amide bonds. The lowest BCUT2D eigenvalue weighted by Crippen LogP contribution is -2.29. The first-order valence-electron chi connectivity index (χ1n) is 3.57. The number of nitrogens with two attached hydrogens (primary N) is 1. The highest BCUT2D eigenvalue weighted by Crippen LogP contribution is 2.50. The zero-order valence-corrected chi connectivity index (χ0v) is 6.47. The number of hydrogen-bond acceptors (Lipinski definition) is 3. The quantitative estimate of drug-likeness (QED) is 0.557. The molecule has 0 radical (unpaired) electrons. The lowest BCUT2D eigenvalue weighted by Gasteiger charge is -2.07. The molecule has 2 rings (SSSR count). The number of sulfone groups is 1. The van der Waals surface area contributed by atoms with Crippen molar-refractivity contribution in [2.75, 3.05) is 12.3 Å². The normalized spacial score (nSPS) is 48.7. The zero-order chi connectivity index (χ0) is 7.35. The maximum absolute atomic E-state index is 11.2. The minimum absolute atomic E-state index is 0.197. The van der Waals surface area contributed by atoms with E-state index in [4.69, 9.17) is 5.73 Å². The van der Waals surface area contributed by atoms with Gasteiger partial charge in [0, 0.05) is 6.54 Å². The highest BCUT2D eigenvalue weighted by Gasteiger charge is 2.56. The predicted molar refractivity (Wildman–Crippen MR) is 38.2 cm³/mol. The molecule has 2 aliphatic rings. The van der Waals surface area contributed by atoms with Crippen molar-refractivity contribution in [1.82, 2.24) is 0 Å². The molecule has 1 heterocycles. The summed E-state index contributed by atoms with van der Waals surface area (Å²) in [6, 6.07) is 0. The lowest BCUT2D eigenvalue weighted by atomic mass is 10.2.